The Morgan fingerprint density at radius 3 is 2.60 bits per heavy atom. The maximum atomic E-state index is 13.3. The van der Waals surface area contributed by atoms with Crippen molar-refractivity contribution < 1.29 is 9.59 Å². The van der Waals surface area contributed by atoms with Gasteiger partial charge in [0.2, 0.25) is 5.91 Å². The van der Waals surface area contributed by atoms with Crippen LogP contribution >= 0.6 is 11.3 Å². The molecule has 1 atom stereocenters. The smallest absolute Gasteiger partial charge is 0.264 e. The molecule has 30 heavy (non-hydrogen) atoms. The van der Waals surface area contributed by atoms with Crippen LogP contribution in [0, 0.1) is 6.92 Å². The first-order valence-electron chi connectivity index (χ1n) is 11.1. The number of piperidine rings is 2. The van der Waals surface area contributed by atoms with E-state index in [1.165, 1.54) is 22.2 Å². The number of carbonyl (C=O) groups is 2. The molecule has 2 aromatic heterocycles. The summed E-state index contributed by atoms with van der Waals surface area (Å²) < 4.78 is 1.39. The number of rotatable bonds is 4. The molecule has 2 fully saturated rings. The standard InChI is InChI=1S/C22H30N4O3S/c1-3-16-9-5-8-12-26(16)22(29)19-15(2)18-20(30-19)23-14-25(21(18)28)13-17(27)24-10-6-4-7-11-24/h14,16H,3-13H2,1-2H3. The van der Waals surface area contributed by atoms with Crippen LogP contribution in [0.1, 0.15) is 67.1 Å². The molecule has 0 aliphatic carbocycles. The predicted molar refractivity (Wildman–Crippen MR) is 118 cm³/mol. The quantitative estimate of drug-likeness (QED) is 0.747. The molecule has 2 aromatic rings. The molecular formula is C22H30N4O3S. The van der Waals surface area contributed by atoms with E-state index in [1.807, 2.05) is 16.7 Å². The highest BCUT2D eigenvalue weighted by atomic mass is 32.1. The number of hydrogen-bond donors (Lipinski definition) is 0. The Hall–Kier alpha value is -2.22. The zero-order valence-electron chi connectivity index (χ0n) is 17.9. The van der Waals surface area contributed by atoms with Gasteiger partial charge in [-0.25, -0.2) is 4.98 Å². The van der Waals surface area contributed by atoms with E-state index in [9.17, 15) is 14.4 Å². The molecule has 4 rings (SSSR count). The van der Waals surface area contributed by atoms with Gasteiger partial charge in [-0.05, 0) is 57.4 Å². The third-order valence-corrected chi connectivity index (χ3v) is 7.67. The van der Waals surface area contributed by atoms with Gasteiger partial charge in [0.25, 0.3) is 11.5 Å². The molecular weight excluding hydrogens is 400 g/mol. The molecule has 1 unspecified atom stereocenters. The topological polar surface area (TPSA) is 75.5 Å². The van der Waals surface area contributed by atoms with Crippen LogP contribution in [0.4, 0.5) is 0 Å². The van der Waals surface area contributed by atoms with Crippen LogP contribution < -0.4 is 5.56 Å². The zero-order valence-corrected chi connectivity index (χ0v) is 18.7. The van der Waals surface area contributed by atoms with Crippen molar-refractivity contribution in [1.29, 1.82) is 0 Å². The summed E-state index contributed by atoms with van der Waals surface area (Å²) in [5.74, 6) is -0.0290. The number of thiophene rings is 1. The largest absolute Gasteiger partial charge is 0.341 e. The van der Waals surface area contributed by atoms with Crippen LogP contribution in [0.3, 0.4) is 0 Å². The van der Waals surface area contributed by atoms with Gasteiger partial charge in [0.1, 0.15) is 11.4 Å². The second-order valence-electron chi connectivity index (χ2n) is 8.41. The maximum Gasteiger partial charge on any atom is 0.264 e. The molecule has 2 aliphatic rings. The molecule has 2 saturated heterocycles. The molecule has 162 valence electrons. The highest BCUT2D eigenvalue weighted by molar-refractivity contribution is 7.20. The fourth-order valence-corrected chi connectivity index (χ4v) is 5.78. The lowest BCUT2D eigenvalue weighted by Gasteiger charge is -2.35. The minimum Gasteiger partial charge on any atom is -0.341 e. The van der Waals surface area contributed by atoms with Gasteiger partial charge in [-0.2, -0.15) is 0 Å². The summed E-state index contributed by atoms with van der Waals surface area (Å²) in [5.41, 5.74) is 0.460. The fourth-order valence-electron chi connectivity index (χ4n) is 4.69. The number of aromatic nitrogens is 2. The Labute approximate surface area is 180 Å². The van der Waals surface area contributed by atoms with E-state index >= 15 is 0 Å². The maximum absolute atomic E-state index is 13.3. The van der Waals surface area contributed by atoms with E-state index in [-0.39, 0.29) is 30.0 Å². The van der Waals surface area contributed by atoms with Gasteiger partial charge in [-0.3, -0.25) is 19.0 Å². The van der Waals surface area contributed by atoms with Gasteiger partial charge in [-0.1, -0.05) is 6.92 Å². The number of fused-ring (bicyclic) bond motifs is 1. The van der Waals surface area contributed by atoms with Crippen LogP contribution in [0.2, 0.25) is 0 Å². The Morgan fingerprint density at radius 1 is 1.13 bits per heavy atom. The van der Waals surface area contributed by atoms with Crippen molar-refractivity contribution in [1.82, 2.24) is 19.4 Å². The molecule has 0 bridgehead atoms. The van der Waals surface area contributed by atoms with Crippen molar-refractivity contribution in [2.75, 3.05) is 19.6 Å². The predicted octanol–water partition coefficient (Wildman–Crippen LogP) is 3.18. The number of nitrogens with zero attached hydrogens (tertiary/aromatic N) is 4. The highest BCUT2D eigenvalue weighted by Crippen LogP contribution is 2.30. The Balaban J connectivity index is 1.62. The van der Waals surface area contributed by atoms with E-state index in [2.05, 4.69) is 11.9 Å². The molecule has 2 amide bonds. The van der Waals surface area contributed by atoms with Crippen molar-refractivity contribution in [2.24, 2.45) is 0 Å². The van der Waals surface area contributed by atoms with Crippen LogP contribution in [0.15, 0.2) is 11.1 Å². The van der Waals surface area contributed by atoms with Gasteiger partial charge in [0.05, 0.1) is 16.6 Å². The van der Waals surface area contributed by atoms with Crippen molar-refractivity contribution >= 4 is 33.4 Å². The van der Waals surface area contributed by atoms with E-state index in [0.717, 1.165) is 64.6 Å². The molecule has 4 heterocycles. The third kappa shape index (κ3) is 3.89. The molecule has 8 heteroatoms. The first-order chi connectivity index (χ1) is 14.5. The van der Waals surface area contributed by atoms with E-state index in [4.69, 9.17) is 0 Å². The fraction of sp³-hybridized carbons (Fsp3) is 0.636. The highest BCUT2D eigenvalue weighted by Gasteiger charge is 2.30. The lowest BCUT2D eigenvalue weighted by atomic mass is 9.99. The Morgan fingerprint density at radius 2 is 1.87 bits per heavy atom. The summed E-state index contributed by atoms with van der Waals surface area (Å²) >= 11 is 1.30. The van der Waals surface area contributed by atoms with Gasteiger partial charge >= 0.3 is 0 Å². The lowest BCUT2D eigenvalue weighted by Crippen LogP contribution is -2.43. The van der Waals surface area contributed by atoms with Gasteiger partial charge in [0.15, 0.2) is 0 Å². The van der Waals surface area contributed by atoms with Gasteiger partial charge < -0.3 is 9.80 Å². The van der Waals surface area contributed by atoms with Crippen LogP contribution in [-0.4, -0.2) is 56.8 Å². The monoisotopic (exact) mass is 430 g/mol. The number of amides is 2. The van der Waals surface area contributed by atoms with Gasteiger partial charge in [0, 0.05) is 25.7 Å². The normalized spacial score (nSPS) is 20.0. The molecule has 0 N–H and O–H groups in total. The second-order valence-corrected chi connectivity index (χ2v) is 9.41. The van der Waals surface area contributed by atoms with Crippen LogP contribution in [-0.2, 0) is 11.3 Å². The second kappa shape index (κ2) is 8.88. The Kier molecular flexibility index (Phi) is 6.22. The molecule has 7 nitrogen and oxygen atoms in total. The number of likely N-dealkylation sites (tertiary alicyclic amines) is 2. The lowest BCUT2D eigenvalue weighted by molar-refractivity contribution is -0.132. The summed E-state index contributed by atoms with van der Waals surface area (Å²) in [7, 11) is 0. The van der Waals surface area contributed by atoms with Crippen molar-refractivity contribution in [3.05, 3.63) is 27.1 Å². The first kappa shape index (κ1) is 21.0. The summed E-state index contributed by atoms with van der Waals surface area (Å²) in [6.45, 7) is 6.24. The SMILES string of the molecule is CCC1CCCCN1C(=O)c1sc2ncn(CC(=O)N3CCCCC3)c(=O)c2c1C. The minimum absolute atomic E-state index is 0.00434. The van der Waals surface area contributed by atoms with Crippen LogP contribution in [0.25, 0.3) is 10.2 Å². The molecule has 0 radical (unpaired) electrons. The number of aryl methyl sites for hydroxylation is 1. The summed E-state index contributed by atoms with van der Waals surface area (Å²) in [6.07, 6.45) is 8.80. The van der Waals surface area contributed by atoms with E-state index in [0.29, 0.717) is 20.7 Å². The molecule has 2 aliphatic heterocycles. The number of hydrogen-bond acceptors (Lipinski definition) is 5. The van der Waals surface area contributed by atoms with Crippen LogP contribution in [0.5, 0.6) is 0 Å². The molecule has 0 aromatic carbocycles. The van der Waals surface area contributed by atoms with E-state index < -0.39 is 0 Å². The van der Waals surface area contributed by atoms with Crippen molar-refractivity contribution in [3.8, 4) is 0 Å². The minimum atomic E-state index is -0.233. The third-order valence-electron chi connectivity index (χ3n) is 6.49. The molecule has 0 spiro atoms. The van der Waals surface area contributed by atoms with Crippen molar-refractivity contribution in [3.63, 3.8) is 0 Å². The first-order valence-corrected chi connectivity index (χ1v) is 11.9. The summed E-state index contributed by atoms with van der Waals surface area (Å²) in [6, 6.07) is 0.266. The zero-order chi connectivity index (χ0) is 21.3. The average molecular weight is 431 g/mol. The average Bonchev–Trinajstić information content (AvgIpc) is 3.12. The Bertz CT molecular complexity index is 1010. The number of carbonyl (C=O) groups excluding carboxylic acids is 2. The summed E-state index contributed by atoms with van der Waals surface area (Å²) in [4.78, 5) is 48.4. The van der Waals surface area contributed by atoms with Crippen molar-refractivity contribution in [2.45, 2.75) is 71.4 Å². The summed E-state index contributed by atoms with van der Waals surface area (Å²) in [5, 5.41) is 0.474. The van der Waals surface area contributed by atoms with E-state index in [1.54, 1.807) is 0 Å². The van der Waals surface area contributed by atoms with Gasteiger partial charge in [-0.15, -0.1) is 11.3 Å². The molecule has 0 saturated carbocycles.